The first-order valence-corrected chi connectivity index (χ1v) is 6.25. The minimum absolute atomic E-state index is 0.381. The van der Waals surface area contributed by atoms with Crippen molar-refractivity contribution >= 4 is 11.0 Å². The van der Waals surface area contributed by atoms with Gasteiger partial charge in [-0.2, -0.15) is 0 Å². The second-order valence-corrected chi connectivity index (χ2v) is 5.70. The Labute approximate surface area is 102 Å². The van der Waals surface area contributed by atoms with Gasteiger partial charge in [-0.3, -0.25) is 0 Å². The summed E-state index contributed by atoms with van der Waals surface area (Å²) in [5.41, 5.74) is 9.50. The number of rotatable bonds is 2. The van der Waals surface area contributed by atoms with Crippen LogP contribution in [0.25, 0.3) is 11.0 Å². The van der Waals surface area contributed by atoms with Crippen molar-refractivity contribution in [1.82, 2.24) is 9.55 Å². The lowest BCUT2D eigenvalue weighted by Gasteiger charge is -2.20. The van der Waals surface area contributed by atoms with Crippen molar-refractivity contribution in [1.29, 1.82) is 0 Å². The topological polar surface area (TPSA) is 43.8 Å². The van der Waals surface area contributed by atoms with E-state index in [-0.39, 0.29) is 5.54 Å². The van der Waals surface area contributed by atoms with E-state index in [1.807, 2.05) is 13.8 Å². The maximum Gasteiger partial charge on any atom is 0.129 e. The minimum atomic E-state index is -0.381. The average Bonchev–Trinajstić information content (AvgIpc) is 2.97. The summed E-state index contributed by atoms with van der Waals surface area (Å²) in [6, 6.07) is 6.90. The number of hydrogen-bond acceptors (Lipinski definition) is 2. The molecule has 1 heterocycles. The SMILES string of the molecule is Cc1cccc2nc(C(C)(C)N)n(C3CC3)c12. The van der Waals surface area contributed by atoms with Crippen molar-refractivity contribution in [2.75, 3.05) is 0 Å². The molecule has 3 rings (SSSR count). The average molecular weight is 229 g/mol. The first-order chi connectivity index (χ1) is 7.98. The molecule has 2 N–H and O–H groups in total. The highest BCUT2D eigenvalue weighted by Crippen LogP contribution is 2.41. The molecule has 0 radical (unpaired) electrons. The second-order valence-electron chi connectivity index (χ2n) is 5.70. The van der Waals surface area contributed by atoms with Crippen LogP contribution >= 0.6 is 0 Å². The highest BCUT2D eigenvalue weighted by molar-refractivity contribution is 5.80. The molecule has 1 saturated carbocycles. The Morgan fingerprint density at radius 3 is 2.65 bits per heavy atom. The fourth-order valence-electron chi connectivity index (χ4n) is 2.46. The molecule has 0 bridgehead atoms. The van der Waals surface area contributed by atoms with Crippen LogP contribution in [0.2, 0.25) is 0 Å². The first kappa shape index (κ1) is 10.8. The molecule has 1 aromatic carbocycles. The quantitative estimate of drug-likeness (QED) is 0.860. The molecule has 1 aliphatic carbocycles. The van der Waals surface area contributed by atoms with Crippen molar-refractivity contribution < 1.29 is 0 Å². The van der Waals surface area contributed by atoms with Crippen molar-refractivity contribution in [3.63, 3.8) is 0 Å². The van der Waals surface area contributed by atoms with E-state index in [1.165, 1.54) is 23.9 Å². The summed E-state index contributed by atoms with van der Waals surface area (Å²) in [6.07, 6.45) is 2.51. The number of nitrogens with two attached hydrogens (primary N) is 1. The van der Waals surface area contributed by atoms with Crippen LogP contribution in [-0.2, 0) is 5.54 Å². The molecule has 0 amide bonds. The third-order valence-electron chi connectivity index (χ3n) is 3.40. The van der Waals surface area contributed by atoms with E-state index in [0.717, 1.165) is 11.3 Å². The molecule has 1 fully saturated rings. The molecule has 0 spiro atoms. The Morgan fingerprint density at radius 1 is 1.35 bits per heavy atom. The smallest absolute Gasteiger partial charge is 0.129 e. The van der Waals surface area contributed by atoms with Gasteiger partial charge in [-0.05, 0) is 45.2 Å². The van der Waals surface area contributed by atoms with Crippen molar-refractivity contribution in [2.24, 2.45) is 5.73 Å². The van der Waals surface area contributed by atoms with E-state index < -0.39 is 0 Å². The zero-order valence-electron chi connectivity index (χ0n) is 10.7. The summed E-state index contributed by atoms with van der Waals surface area (Å²) in [6.45, 7) is 6.21. The van der Waals surface area contributed by atoms with Gasteiger partial charge in [0.2, 0.25) is 0 Å². The van der Waals surface area contributed by atoms with E-state index in [1.54, 1.807) is 0 Å². The summed E-state index contributed by atoms with van der Waals surface area (Å²) < 4.78 is 2.37. The summed E-state index contributed by atoms with van der Waals surface area (Å²) >= 11 is 0. The lowest BCUT2D eigenvalue weighted by Crippen LogP contribution is -2.32. The molecular formula is C14H19N3. The van der Waals surface area contributed by atoms with Gasteiger partial charge in [0.25, 0.3) is 0 Å². The number of aryl methyl sites for hydroxylation is 1. The third-order valence-corrected chi connectivity index (χ3v) is 3.40. The second kappa shape index (κ2) is 3.33. The molecule has 1 aromatic heterocycles. The van der Waals surface area contributed by atoms with Crippen molar-refractivity contribution in [2.45, 2.75) is 45.2 Å². The number of para-hydroxylation sites is 1. The Bertz CT molecular complexity index is 571. The normalized spacial score (nSPS) is 16.7. The maximum atomic E-state index is 6.25. The largest absolute Gasteiger partial charge is 0.323 e. The van der Waals surface area contributed by atoms with E-state index in [4.69, 9.17) is 10.7 Å². The van der Waals surface area contributed by atoms with Crippen LogP contribution in [0.5, 0.6) is 0 Å². The number of benzene rings is 1. The fraction of sp³-hybridized carbons (Fsp3) is 0.500. The Hall–Kier alpha value is -1.35. The van der Waals surface area contributed by atoms with Gasteiger partial charge in [-0.15, -0.1) is 0 Å². The van der Waals surface area contributed by atoms with Crippen LogP contribution < -0.4 is 5.73 Å². The number of nitrogens with zero attached hydrogens (tertiary/aromatic N) is 2. The Kier molecular flexibility index (Phi) is 2.11. The van der Waals surface area contributed by atoms with Gasteiger partial charge in [0.05, 0.1) is 16.6 Å². The van der Waals surface area contributed by atoms with Gasteiger partial charge in [-0.1, -0.05) is 12.1 Å². The number of fused-ring (bicyclic) bond motifs is 1. The molecule has 0 atom stereocenters. The number of aromatic nitrogens is 2. The molecular weight excluding hydrogens is 210 g/mol. The molecule has 1 aliphatic rings. The zero-order valence-corrected chi connectivity index (χ0v) is 10.7. The van der Waals surface area contributed by atoms with E-state index in [2.05, 4.69) is 29.7 Å². The van der Waals surface area contributed by atoms with Crippen LogP contribution in [0, 0.1) is 6.92 Å². The zero-order chi connectivity index (χ0) is 12.2. The van der Waals surface area contributed by atoms with Gasteiger partial charge >= 0.3 is 0 Å². The van der Waals surface area contributed by atoms with Crippen molar-refractivity contribution in [3.05, 3.63) is 29.6 Å². The van der Waals surface area contributed by atoms with E-state index in [9.17, 15) is 0 Å². The molecule has 90 valence electrons. The Morgan fingerprint density at radius 2 is 2.06 bits per heavy atom. The van der Waals surface area contributed by atoms with Crippen LogP contribution in [0.3, 0.4) is 0 Å². The highest BCUT2D eigenvalue weighted by atomic mass is 15.2. The van der Waals surface area contributed by atoms with Gasteiger partial charge < -0.3 is 10.3 Å². The van der Waals surface area contributed by atoms with Crippen LogP contribution in [0.4, 0.5) is 0 Å². The Balaban J connectivity index is 2.36. The van der Waals surface area contributed by atoms with Gasteiger partial charge in [0, 0.05) is 6.04 Å². The molecule has 3 heteroatoms. The summed E-state index contributed by atoms with van der Waals surface area (Å²) in [7, 11) is 0. The van der Waals surface area contributed by atoms with Crippen molar-refractivity contribution in [3.8, 4) is 0 Å². The molecule has 0 unspecified atom stereocenters. The van der Waals surface area contributed by atoms with Crippen LogP contribution in [-0.4, -0.2) is 9.55 Å². The summed E-state index contributed by atoms with van der Waals surface area (Å²) in [5, 5.41) is 0. The summed E-state index contributed by atoms with van der Waals surface area (Å²) in [5.74, 6) is 1.02. The standard InChI is InChI=1S/C14H19N3/c1-9-5-4-6-11-12(9)17(10-7-8-10)13(16-11)14(2,3)15/h4-6,10H,7-8,15H2,1-3H3. The lowest BCUT2D eigenvalue weighted by molar-refractivity contribution is 0.482. The highest BCUT2D eigenvalue weighted by Gasteiger charge is 2.33. The molecule has 17 heavy (non-hydrogen) atoms. The van der Waals surface area contributed by atoms with Crippen LogP contribution in [0.15, 0.2) is 18.2 Å². The third kappa shape index (κ3) is 1.65. The summed E-state index contributed by atoms with van der Waals surface area (Å²) in [4.78, 5) is 4.74. The van der Waals surface area contributed by atoms with E-state index in [0.29, 0.717) is 6.04 Å². The minimum Gasteiger partial charge on any atom is -0.323 e. The predicted molar refractivity (Wildman–Crippen MR) is 70.0 cm³/mol. The van der Waals surface area contributed by atoms with Gasteiger partial charge in [0.1, 0.15) is 5.82 Å². The number of hydrogen-bond donors (Lipinski definition) is 1. The number of imidazole rings is 1. The molecule has 0 aliphatic heterocycles. The van der Waals surface area contributed by atoms with E-state index >= 15 is 0 Å². The first-order valence-electron chi connectivity index (χ1n) is 6.25. The molecule has 2 aromatic rings. The monoisotopic (exact) mass is 229 g/mol. The molecule has 0 saturated heterocycles. The van der Waals surface area contributed by atoms with Gasteiger partial charge in [-0.25, -0.2) is 4.98 Å². The van der Waals surface area contributed by atoms with Crippen LogP contribution in [0.1, 0.15) is 44.1 Å². The predicted octanol–water partition coefficient (Wildman–Crippen LogP) is 2.87. The fourth-order valence-corrected chi connectivity index (χ4v) is 2.46. The maximum absolute atomic E-state index is 6.25. The molecule has 3 nitrogen and oxygen atoms in total. The lowest BCUT2D eigenvalue weighted by atomic mass is 10.1. The van der Waals surface area contributed by atoms with Gasteiger partial charge in [0.15, 0.2) is 0 Å².